The van der Waals surface area contributed by atoms with Crippen molar-refractivity contribution in [3.63, 3.8) is 0 Å². The van der Waals surface area contributed by atoms with Gasteiger partial charge in [0.25, 0.3) is 0 Å². The Balaban J connectivity index is 0.00000196. The van der Waals surface area contributed by atoms with Gasteiger partial charge in [-0.3, -0.25) is 4.79 Å². The van der Waals surface area contributed by atoms with Gasteiger partial charge in [0.05, 0.1) is 7.11 Å². The molecule has 2 N–H and O–H groups in total. The predicted molar refractivity (Wildman–Crippen MR) is 57.6 cm³/mol. The van der Waals surface area contributed by atoms with Crippen molar-refractivity contribution >= 4 is 30.0 Å². The first-order chi connectivity index (χ1) is 6.56. The van der Waals surface area contributed by atoms with Crippen molar-refractivity contribution in [2.24, 2.45) is 5.73 Å². The molecule has 6 heteroatoms. The monoisotopic (exact) mass is 253 g/mol. The number of esters is 1. The summed E-state index contributed by atoms with van der Waals surface area (Å²) in [6, 6.07) is 2.66. The Bertz CT molecular complexity index is 360. The number of hydrogen-bond donors (Lipinski definition) is 1. The number of ether oxygens (including phenoxy) is 1. The van der Waals surface area contributed by atoms with Crippen LogP contribution in [0.4, 0.5) is 4.39 Å². The first-order valence-electron chi connectivity index (χ1n) is 3.84. The van der Waals surface area contributed by atoms with Crippen molar-refractivity contribution in [2.45, 2.75) is 6.04 Å². The summed E-state index contributed by atoms with van der Waals surface area (Å²) >= 11 is 5.70. The molecule has 0 bridgehead atoms. The normalized spacial score (nSPS) is 11.5. The molecule has 0 aliphatic heterocycles. The van der Waals surface area contributed by atoms with E-state index in [1.54, 1.807) is 0 Å². The van der Waals surface area contributed by atoms with Crippen LogP contribution in [0.5, 0.6) is 0 Å². The van der Waals surface area contributed by atoms with Gasteiger partial charge in [0.15, 0.2) is 0 Å². The van der Waals surface area contributed by atoms with Crippen molar-refractivity contribution in [3.05, 3.63) is 34.6 Å². The van der Waals surface area contributed by atoms with Crippen molar-refractivity contribution < 1.29 is 13.9 Å². The van der Waals surface area contributed by atoms with Gasteiger partial charge in [-0.2, -0.15) is 0 Å². The molecule has 0 heterocycles. The maximum absolute atomic E-state index is 12.7. The number of halogens is 3. The van der Waals surface area contributed by atoms with E-state index in [4.69, 9.17) is 17.3 Å². The van der Waals surface area contributed by atoms with E-state index in [2.05, 4.69) is 4.74 Å². The van der Waals surface area contributed by atoms with Crippen LogP contribution in [0.15, 0.2) is 18.2 Å². The smallest absolute Gasteiger partial charge is 0.327 e. The standard InChI is InChI=1S/C9H9ClFNO2.ClH/c1-14-9(13)8(12)6-3-2-5(11)4-7(6)10;/h2-4,8H,12H2,1H3;1H/t8-;/m0./s1. The molecule has 0 saturated carbocycles. The summed E-state index contributed by atoms with van der Waals surface area (Å²) in [6.07, 6.45) is 0. The van der Waals surface area contributed by atoms with Crippen molar-refractivity contribution in [3.8, 4) is 0 Å². The molecule has 1 aromatic rings. The number of rotatable bonds is 2. The van der Waals surface area contributed by atoms with Gasteiger partial charge in [0.1, 0.15) is 11.9 Å². The van der Waals surface area contributed by atoms with E-state index >= 15 is 0 Å². The summed E-state index contributed by atoms with van der Waals surface area (Å²) in [7, 11) is 1.22. The average Bonchev–Trinajstić information content (AvgIpc) is 2.15. The molecule has 0 aromatic heterocycles. The van der Waals surface area contributed by atoms with Crippen LogP contribution in [0.25, 0.3) is 0 Å². The Kier molecular flexibility index (Phi) is 5.57. The molecule has 84 valence electrons. The SMILES string of the molecule is COC(=O)[C@@H](N)c1ccc(F)cc1Cl.Cl. The van der Waals surface area contributed by atoms with Crippen LogP contribution in [-0.2, 0) is 9.53 Å². The number of hydrogen-bond acceptors (Lipinski definition) is 3. The first-order valence-corrected chi connectivity index (χ1v) is 4.22. The van der Waals surface area contributed by atoms with E-state index < -0.39 is 17.8 Å². The van der Waals surface area contributed by atoms with Gasteiger partial charge >= 0.3 is 5.97 Å². The van der Waals surface area contributed by atoms with Gasteiger partial charge < -0.3 is 10.5 Å². The highest BCUT2D eigenvalue weighted by atomic mass is 35.5. The zero-order valence-corrected chi connectivity index (χ0v) is 9.44. The Hall–Kier alpha value is -0.840. The Morgan fingerprint density at radius 1 is 1.60 bits per heavy atom. The van der Waals surface area contributed by atoms with Crippen LogP contribution in [0.2, 0.25) is 5.02 Å². The number of carbonyl (C=O) groups excluding carboxylic acids is 1. The Morgan fingerprint density at radius 2 is 2.20 bits per heavy atom. The molecule has 15 heavy (non-hydrogen) atoms. The fourth-order valence-corrected chi connectivity index (χ4v) is 1.29. The lowest BCUT2D eigenvalue weighted by molar-refractivity contribution is -0.142. The van der Waals surface area contributed by atoms with Crippen LogP contribution in [0, 0.1) is 5.82 Å². The fraction of sp³-hybridized carbons (Fsp3) is 0.222. The van der Waals surface area contributed by atoms with Crippen LogP contribution in [0.3, 0.4) is 0 Å². The second-order valence-electron chi connectivity index (χ2n) is 2.67. The lowest BCUT2D eigenvalue weighted by Crippen LogP contribution is -2.22. The molecule has 1 atom stereocenters. The van der Waals surface area contributed by atoms with Crippen LogP contribution in [-0.4, -0.2) is 13.1 Å². The molecular weight excluding hydrogens is 244 g/mol. The first kappa shape index (κ1) is 14.2. The van der Waals surface area contributed by atoms with Gasteiger partial charge in [-0.1, -0.05) is 17.7 Å². The highest BCUT2D eigenvalue weighted by molar-refractivity contribution is 6.31. The van der Waals surface area contributed by atoms with E-state index in [1.165, 1.54) is 19.2 Å². The summed E-state index contributed by atoms with van der Waals surface area (Å²) in [4.78, 5) is 11.0. The molecular formula is C9H10Cl2FNO2. The molecule has 0 aliphatic rings. The molecule has 1 rings (SSSR count). The number of nitrogens with two attached hydrogens (primary N) is 1. The van der Waals surface area contributed by atoms with Crippen molar-refractivity contribution in [1.29, 1.82) is 0 Å². The summed E-state index contributed by atoms with van der Waals surface area (Å²) < 4.78 is 17.1. The zero-order chi connectivity index (χ0) is 10.7. The molecule has 3 nitrogen and oxygen atoms in total. The minimum Gasteiger partial charge on any atom is -0.468 e. The third-order valence-corrected chi connectivity index (χ3v) is 2.08. The van der Waals surface area contributed by atoms with Gasteiger partial charge in [0, 0.05) is 5.02 Å². The van der Waals surface area contributed by atoms with E-state index in [-0.39, 0.29) is 17.4 Å². The fourth-order valence-electron chi connectivity index (χ4n) is 1.01. The molecule has 0 amide bonds. The summed E-state index contributed by atoms with van der Waals surface area (Å²) in [5.41, 5.74) is 5.87. The summed E-state index contributed by atoms with van der Waals surface area (Å²) in [6.45, 7) is 0. The van der Waals surface area contributed by atoms with Crippen LogP contribution >= 0.6 is 24.0 Å². The Morgan fingerprint density at radius 3 is 2.67 bits per heavy atom. The second kappa shape index (κ2) is 5.90. The Labute approximate surface area is 97.8 Å². The van der Waals surface area contributed by atoms with E-state index in [0.717, 1.165) is 6.07 Å². The largest absolute Gasteiger partial charge is 0.468 e. The van der Waals surface area contributed by atoms with Crippen molar-refractivity contribution in [1.82, 2.24) is 0 Å². The van der Waals surface area contributed by atoms with Crippen LogP contribution in [0.1, 0.15) is 11.6 Å². The molecule has 0 spiro atoms. The van der Waals surface area contributed by atoms with E-state index in [0.29, 0.717) is 5.56 Å². The minimum atomic E-state index is -0.979. The highest BCUT2D eigenvalue weighted by Gasteiger charge is 2.18. The molecule has 1 aromatic carbocycles. The summed E-state index contributed by atoms with van der Waals surface area (Å²) in [5.74, 6) is -1.09. The number of methoxy groups -OCH3 is 1. The lowest BCUT2D eigenvalue weighted by Gasteiger charge is -2.10. The van der Waals surface area contributed by atoms with Gasteiger partial charge in [-0.25, -0.2) is 4.39 Å². The third kappa shape index (κ3) is 3.34. The second-order valence-corrected chi connectivity index (χ2v) is 3.07. The minimum absolute atomic E-state index is 0. The average molecular weight is 254 g/mol. The maximum Gasteiger partial charge on any atom is 0.327 e. The molecule has 0 unspecified atom stereocenters. The molecule has 0 saturated heterocycles. The molecule has 0 radical (unpaired) electrons. The predicted octanol–water partition coefficient (Wildman–Crippen LogP) is 2.07. The van der Waals surface area contributed by atoms with Crippen LogP contribution < -0.4 is 5.73 Å². The summed E-state index contributed by atoms with van der Waals surface area (Å²) in [5, 5.41) is 0.114. The van der Waals surface area contributed by atoms with Gasteiger partial charge in [-0.15, -0.1) is 12.4 Å². The van der Waals surface area contributed by atoms with Gasteiger partial charge in [0.2, 0.25) is 0 Å². The molecule has 0 aliphatic carbocycles. The van der Waals surface area contributed by atoms with E-state index in [1.807, 2.05) is 0 Å². The lowest BCUT2D eigenvalue weighted by atomic mass is 10.1. The zero-order valence-electron chi connectivity index (χ0n) is 7.87. The number of carbonyl (C=O) groups is 1. The molecule has 0 fully saturated rings. The van der Waals surface area contributed by atoms with Gasteiger partial charge in [-0.05, 0) is 17.7 Å². The number of benzene rings is 1. The maximum atomic E-state index is 12.7. The van der Waals surface area contributed by atoms with Crippen molar-refractivity contribution in [2.75, 3.05) is 7.11 Å². The quantitative estimate of drug-likeness (QED) is 0.822. The topological polar surface area (TPSA) is 52.3 Å². The highest BCUT2D eigenvalue weighted by Crippen LogP contribution is 2.22. The van der Waals surface area contributed by atoms with E-state index in [9.17, 15) is 9.18 Å². The third-order valence-electron chi connectivity index (χ3n) is 1.75.